The van der Waals surface area contributed by atoms with Gasteiger partial charge in [-0.1, -0.05) is 70.5 Å². The standard InChI is InChI=1S/C35H35BrN2O5/c1-41-30-16-8-25(9-17-30)20-21-37-34(40)35(24-26-6-3-2-4-7-26)32(27-10-14-29(36)15-11-27)43-33(38-35)28-12-18-31(19-13-28)42-23-5-22-39/h2-4,6-19,32,39H,5,20-24H2,1H3,(H,37,40)/t32-,35-/m1/s1. The number of carbonyl (C=O) groups excluding carboxylic acids is 1. The highest BCUT2D eigenvalue weighted by Gasteiger charge is 2.53. The van der Waals surface area contributed by atoms with E-state index in [0.717, 1.165) is 32.5 Å². The predicted octanol–water partition coefficient (Wildman–Crippen LogP) is 6.08. The molecule has 0 fully saturated rings. The molecule has 0 radical (unpaired) electrons. The molecule has 43 heavy (non-hydrogen) atoms. The zero-order valence-electron chi connectivity index (χ0n) is 24.0. The van der Waals surface area contributed by atoms with E-state index in [-0.39, 0.29) is 12.5 Å². The van der Waals surface area contributed by atoms with Crippen LogP contribution in [0.1, 0.15) is 34.8 Å². The van der Waals surface area contributed by atoms with Crippen LogP contribution in [0.25, 0.3) is 0 Å². The number of aliphatic hydroxyl groups excluding tert-OH is 1. The molecule has 0 aliphatic carbocycles. The van der Waals surface area contributed by atoms with Gasteiger partial charge in [-0.2, -0.15) is 0 Å². The van der Waals surface area contributed by atoms with E-state index in [2.05, 4.69) is 21.2 Å². The largest absolute Gasteiger partial charge is 0.497 e. The molecule has 1 aliphatic rings. The number of amides is 1. The molecular formula is C35H35BrN2O5. The lowest BCUT2D eigenvalue weighted by atomic mass is 9.82. The monoisotopic (exact) mass is 642 g/mol. The SMILES string of the molecule is COc1ccc(CCNC(=O)[C@]2(Cc3ccccc3)N=C(c3ccc(OCCCO)cc3)O[C@@H]2c2ccc(Br)cc2)cc1. The quantitative estimate of drug-likeness (QED) is 0.173. The number of aliphatic hydroxyl groups is 1. The molecule has 0 spiro atoms. The van der Waals surface area contributed by atoms with Crippen LogP contribution in [-0.2, 0) is 22.4 Å². The van der Waals surface area contributed by atoms with Gasteiger partial charge in [0.1, 0.15) is 11.5 Å². The summed E-state index contributed by atoms with van der Waals surface area (Å²) in [4.78, 5) is 19.4. The van der Waals surface area contributed by atoms with Gasteiger partial charge < -0.3 is 24.6 Å². The highest BCUT2D eigenvalue weighted by atomic mass is 79.9. The van der Waals surface area contributed by atoms with Gasteiger partial charge in [-0.05, 0) is 71.6 Å². The first-order chi connectivity index (χ1) is 21.0. The topological polar surface area (TPSA) is 89.4 Å². The first kappa shape index (κ1) is 30.3. The molecule has 0 saturated heterocycles. The minimum Gasteiger partial charge on any atom is -0.497 e. The number of nitrogens with one attached hydrogen (secondary N) is 1. The van der Waals surface area contributed by atoms with Crippen LogP contribution in [0.4, 0.5) is 0 Å². The van der Waals surface area contributed by atoms with Crippen molar-refractivity contribution >= 4 is 27.7 Å². The number of aliphatic imine (C=N–C) groups is 1. The molecule has 7 nitrogen and oxygen atoms in total. The van der Waals surface area contributed by atoms with E-state index in [1.165, 1.54) is 0 Å². The maximum Gasteiger partial charge on any atom is 0.252 e. The second-order valence-corrected chi connectivity index (χ2v) is 11.3. The number of hydrogen-bond donors (Lipinski definition) is 2. The van der Waals surface area contributed by atoms with Crippen molar-refractivity contribution < 1.29 is 24.1 Å². The molecular weight excluding hydrogens is 608 g/mol. The highest BCUT2D eigenvalue weighted by Crippen LogP contribution is 2.42. The summed E-state index contributed by atoms with van der Waals surface area (Å²) < 4.78 is 18.5. The third-order valence-electron chi connectivity index (χ3n) is 7.38. The zero-order valence-corrected chi connectivity index (χ0v) is 25.6. The summed E-state index contributed by atoms with van der Waals surface area (Å²) in [6.07, 6.45) is 0.920. The molecule has 0 saturated carbocycles. The fourth-order valence-electron chi connectivity index (χ4n) is 5.09. The first-order valence-electron chi connectivity index (χ1n) is 14.3. The van der Waals surface area contributed by atoms with Gasteiger partial charge in [-0.25, -0.2) is 4.99 Å². The molecule has 222 valence electrons. The lowest BCUT2D eigenvalue weighted by Crippen LogP contribution is -2.50. The van der Waals surface area contributed by atoms with Gasteiger partial charge >= 0.3 is 0 Å². The van der Waals surface area contributed by atoms with E-state index in [9.17, 15) is 4.79 Å². The fourth-order valence-corrected chi connectivity index (χ4v) is 5.36. The summed E-state index contributed by atoms with van der Waals surface area (Å²) in [6.45, 7) is 0.946. The Kier molecular flexibility index (Phi) is 10.1. The van der Waals surface area contributed by atoms with Crippen LogP contribution in [0, 0.1) is 0 Å². The number of halogens is 1. The molecule has 4 aromatic rings. The van der Waals surface area contributed by atoms with Crippen LogP contribution in [-0.4, -0.2) is 49.3 Å². The van der Waals surface area contributed by atoms with Crippen molar-refractivity contribution in [3.05, 3.63) is 130 Å². The average molecular weight is 644 g/mol. The third kappa shape index (κ3) is 7.45. The van der Waals surface area contributed by atoms with Crippen LogP contribution in [0.5, 0.6) is 11.5 Å². The van der Waals surface area contributed by atoms with Crippen LogP contribution in [0.2, 0.25) is 0 Å². The van der Waals surface area contributed by atoms with Crippen molar-refractivity contribution in [2.45, 2.75) is 30.9 Å². The van der Waals surface area contributed by atoms with E-state index in [4.69, 9.17) is 24.3 Å². The fraction of sp³-hybridized carbons (Fsp3) is 0.257. The molecule has 1 aliphatic heterocycles. The van der Waals surface area contributed by atoms with Crippen LogP contribution in [0.15, 0.2) is 113 Å². The molecule has 2 N–H and O–H groups in total. The molecule has 0 aromatic heterocycles. The van der Waals surface area contributed by atoms with Crippen molar-refractivity contribution in [3.8, 4) is 11.5 Å². The van der Waals surface area contributed by atoms with Crippen LogP contribution < -0.4 is 14.8 Å². The average Bonchev–Trinajstić information content (AvgIpc) is 3.43. The first-order valence-corrected chi connectivity index (χ1v) is 15.1. The Bertz CT molecular complexity index is 1510. The lowest BCUT2D eigenvalue weighted by molar-refractivity contribution is -0.128. The second kappa shape index (κ2) is 14.4. The van der Waals surface area contributed by atoms with Crippen molar-refractivity contribution in [1.82, 2.24) is 5.32 Å². The minimum atomic E-state index is -1.25. The number of methoxy groups -OCH3 is 1. The van der Waals surface area contributed by atoms with Crippen molar-refractivity contribution in [2.24, 2.45) is 4.99 Å². The number of benzene rings is 4. The Morgan fingerprint density at radius 2 is 1.63 bits per heavy atom. The van der Waals surface area contributed by atoms with E-state index >= 15 is 0 Å². The summed E-state index contributed by atoms with van der Waals surface area (Å²) in [5, 5.41) is 12.2. The van der Waals surface area contributed by atoms with Crippen molar-refractivity contribution in [1.29, 1.82) is 0 Å². The van der Waals surface area contributed by atoms with Crippen molar-refractivity contribution in [2.75, 3.05) is 26.9 Å². The van der Waals surface area contributed by atoms with Gasteiger partial charge in [0, 0.05) is 36.0 Å². The third-order valence-corrected chi connectivity index (χ3v) is 7.91. The van der Waals surface area contributed by atoms with E-state index in [1.807, 2.05) is 103 Å². The molecule has 4 aromatic carbocycles. The van der Waals surface area contributed by atoms with E-state index in [1.54, 1.807) is 7.11 Å². The maximum atomic E-state index is 14.3. The van der Waals surface area contributed by atoms with Gasteiger partial charge in [0.05, 0.1) is 13.7 Å². The smallest absolute Gasteiger partial charge is 0.252 e. The van der Waals surface area contributed by atoms with E-state index in [0.29, 0.717) is 44.1 Å². The highest BCUT2D eigenvalue weighted by molar-refractivity contribution is 9.10. The molecule has 2 atom stereocenters. The van der Waals surface area contributed by atoms with E-state index < -0.39 is 11.6 Å². The minimum absolute atomic E-state index is 0.0752. The summed E-state index contributed by atoms with van der Waals surface area (Å²) in [5.41, 5.74) is 2.43. The molecule has 0 bridgehead atoms. The number of carbonyl (C=O) groups is 1. The molecule has 1 heterocycles. The van der Waals surface area contributed by atoms with Gasteiger partial charge in [0.2, 0.25) is 5.90 Å². The molecule has 1 amide bonds. The predicted molar refractivity (Wildman–Crippen MR) is 171 cm³/mol. The van der Waals surface area contributed by atoms with Gasteiger partial charge in [0.15, 0.2) is 11.6 Å². The van der Waals surface area contributed by atoms with Crippen molar-refractivity contribution in [3.63, 3.8) is 0 Å². The van der Waals surface area contributed by atoms with Crippen LogP contribution in [0.3, 0.4) is 0 Å². The number of ether oxygens (including phenoxy) is 3. The summed E-state index contributed by atoms with van der Waals surface area (Å²) in [5.74, 6) is 1.68. The summed E-state index contributed by atoms with van der Waals surface area (Å²) in [7, 11) is 1.64. The van der Waals surface area contributed by atoms with Gasteiger partial charge in [0.25, 0.3) is 5.91 Å². The number of rotatable bonds is 13. The molecule has 5 rings (SSSR count). The number of nitrogens with zero attached hydrogens (tertiary/aromatic N) is 1. The Hall–Kier alpha value is -4.14. The maximum absolute atomic E-state index is 14.3. The zero-order chi connectivity index (χ0) is 30.1. The number of hydrogen-bond acceptors (Lipinski definition) is 6. The summed E-state index contributed by atoms with van der Waals surface area (Å²) >= 11 is 3.53. The normalized spacial score (nSPS) is 17.6. The second-order valence-electron chi connectivity index (χ2n) is 10.4. The van der Waals surface area contributed by atoms with Gasteiger partial charge in [-0.15, -0.1) is 0 Å². The Labute approximate surface area is 260 Å². The Morgan fingerprint density at radius 3 is 2.30 bits per heavy atom. The Morgan fingerprint density at radius 1 is 0.930 bits per heavy atom. The molecule has 0 unspecified atom stereocenters. The molecule has 8 heteroatoms. The Balaban J connectivity index is 1.47. The lowest BCUT2D eigenvalue weighted by Gasteiger charge is -2.31. The van der Waals surface area contributed by atoms with Crippen LogP contribution >= 0.6 is 15.9 Å². The summed E-state index contributed by atoms with van der Waals surface area (Å²) in [6, 6.07) is 33.0. The van der Waals surface area contributed by atoms with Gasteiger partial charge in [-0.3, -0.25) is 4.79 Å².